The van der Waals surface area contributed by atoms with Gasteiger partial charge in [0, 0.05) is 24.8 Å². The van der Waals surface area contributed by atoms with E-state index >= 15 is 0 Å². The van der Waals surface area contributed by atoms with Gasteiger partial charge in [0.2, 0.25) is 5.91 Å². The van der Waals surface area contributed by atoms with Gasteiger partial charge in [-0.3, -0.25) is 4.79 Å². The number of methoxy groups -OCH3 is 1. The molecule has 0 aromatic heterocycles. The normalized spacial score (nSPS) is 17.7. The zero-order valence-electron chi connectivity index (χ0n) is 12.2. The maximum atomic E-state index is 12.1. The first kappa shape index (κ1) is 15.0. The van der Waals surface area contributed by atoms with Gasteiger partial charge in [-0.25, -0.2) is 0 Å². The minimum atomic E-state index is -0.313. The van der Waals surface area contributed by atoms with Crippen molar-refractivity contribution >= 4 is 11.6 Å². The van der Waals surface area contributed by atoms with Crippen LogP contribution in [-0.4, -0.2) is 18.6 Å². The zero-order valence-corrected chi connectivity index (χ0v) is 12.2. The van der Waals surface area contributed by atoms with E-state index in [4.69, 9.17) is 10.5 Å². The van der Waals surface area contributed by atoms with Crippen molar-refractivity contribution in [2.75, 3.05) is 12.4 Å². The molecule has 1 aliphatic carbocycles. The number of nitrogens with one attached hydrogen (secondary N) is 1. The minimum absolute atomic E-state index is 0.00367. The number of anilines is 1. The fraction of sp³-hybridized carbons (Fsp3) is 0.562. The molecule has 4 heteroatoms. The second kappa shape index (κ2) is 6.86. The minimum Gasteiger partial charge on any atom is -0.380 e. The highest BCUT2D eigenvalue weighted by atomic mass is 16.5. The Morgan fingerprint density at radius 1 is 1.35 bits per heavy atom. The fourth-order valence-electron chi connectivity index (χ4n) is 2.86. The molecule has 1 aromatic carbocycles. The van der Waals surface area contributed by atoms with E-state index in [0.29, 0.717) is 13.0 Å². The lowest BCUT2D eigenvalue weighted by Crippen LogP contribution is -2.44. The Labute approximate surface area is 120 Å². The van der Waals surface area contributed by atoms with Gasteiger partial charge in [-0.15, -0.1) is 0 Å². The predicted octanol–water partition coefficient (Wildman–Crippen LogP) is 2.82. The van der Waals surface area contributed by atoms with Crippen LogP contribution < -0.4 is 11.1 Å². The Bertz CT molecular complexity index is 454. The van der Waals surface area contributed by atoms with Crippen LogP contribution in [0.4, 0.5) is 5.69 Å². The molecule has 0 unspecified atom stereocenters. The fourth-order valence-corrected chi connectivity index (χ4v) is 2.86. The molecule has 110 valence electrons. The van der Waals surface area contributed by atoms with Crippen molar-refractivity contribution in [3.63, 3.8) is 0 Å². The third-order valence-corrected chi connectivity index (χ3v) is 3.88. The van der Waals surface area contributed by atoms with Gasteiger partial charge in [-0.05, 0) is 30.5 Å². The number of hydrogen-bond acceptors (Lipinski definition) is 3. The van der Waals surface area contributed by atoms with Gasteiger partial charge in [-0.1, -0.05) is 31.4 Å². The van der Waals surface area contributed by atoms with Crippen molar-refractivity contribution in [1.29, 1.82) is 0 Å². The SMILES string of the molecule is COCc1cccc(NC(=O)CC2(N)CCCCC2)c1. The van der Waals surface area contributed by atoms with Crippen LogP contribution in [0.15, 0.2) is 24.3 Å². The zero-order chi connectivity index (χ0) is 14.4. The first-order valence-corrected chi connectivity index (χ1v) is 7.28. The number of benzene rings is 1. The Kier molecular flexibility index (Phi) is 5.15. The van der Waals surface area contributed by atoms with Gasteiger partial charge < -0.3 is 15.8 Å². The summed E-state index contributed by atoms with van der Waals surface area (Å²) >= 11 is 0. The van der Waals surface area contributed by atoms with E-state index in [1.165, 1.54) is 6.42 Å². The lowest BCUT2D eigenvalue weighted by molar-refractivity contribution is -0.117. The maximum absolute atomic E-state index is 12.1. The predicted molar refractivity (Wildman–Crippen MR) is 80.4 cm³/mol. The maximum Gasteiger partial charge on any atom is 0.226 e. The molecule has 4 nitrogen and oxygen atoms in total. The molecule has 1 amide bonds. The lowest BCUT2D eigenvalue weighted by atomic mass is 9.80. The van der Waals surface area contributed by atoms with Crippen LogP contribution >= 0.6 is 0 Å². The van der Waals surface area contributed by atoms with E-state index in [0.717, 1.165) is 36.9 Å². The van der Waals surface area contributed by atoms with E-state index in [2.05, 4.69) is 5.32 Å². The lowest BCUT2D eigenvalue weighted by Gasteiger charge is -2.32. The molecule has 0 atom stereocenters. The van der Waals surface area contributed by atoms with Gasteiger partial charge in [0.1, 0.15) is 0 Å². The topological polar surface area (TPSA) is 64.3 Å². The molecule has 2 rings (SSSR count). The monoisotopic (exact) mass is 276 g/mol. The number of carbonyl (C=O) groups is 1. The summed E-state index contributed by atoms with van der Waals surface area (Å²) in [4.78, 5) is 12.1. The summed E-state index contributed by atoms with van der Waals surface area (Å²) in [6, 6.07) is 7.72. The Balaban J connectivity index is 1.92. The first-order chi connectivity index (χ1) is 9.61. The van der Waals surface area contributed by atoms with Crippen molar-refractivity contribution in [3.8, 4) is 0 Å². The Morgan fingerprint density at radius 2 is 2.10 bits per heavy atom. The average Bonchev–Trinajstić information content (AvgIpc) is 2.39. The second-order valence-corrected chi connectivity index (χ2v) is 5.78. The van der Waals surface area contributed by atoms with Crippen LogP contribution in [0.25, 0.3) is 0 Å². The summed E-state index contributed by atoms with van der Waals surface area (Å²) < 4.78 is 5.09. The van der Waals surface area contributed by atoms with Gasteiger partial charge in [-0.2, -0.15) is 0 Å². The number of carbonyl (C=O) groups excluding carboxylic acids is 1. The van der Waals surface area contributed by atoms with Crippen LogP contribution in [0.5, 0.6) is 0 Å². The number of nitrogens with two attached hydrogens (primary N) is 1. The standard InChI is InChI=1S/C16H24N2O2/c1-20-12-13-6-5-7-14(10-13)18-15(19)11-16(17)8-3-2-4-9-16/h5-7,10H,2-4,8-9,11-12,17H2,1H3,(H,18,19). The second-order valence-electron chi connectivity index (χ2n) is 5.78. The summed E-state index contributed by atoms with van der Waals surface area (Å²) in [5.74, 6) is 0.00367. The van der Waals surface area contributed by atoms with E-state index in [1.807, 2.05) is 24.3 Å². The Morgan fingerprint density at radius 3 is 2.80 bits per heavy atom. The van der Waals surface area contributed by atoms with Crippen molar-refractivity contribution in [3.05, 3.63) is 29.8 Å². The molecule has 0 radical (unpaired) electrons. The highest BCUT2D eigenvalue weighted by Crippen LogP contribution is 2.29. The Hall–Kier alpha value is -1.39. The van der Waals surface area contributed by atoms with Gasteiger partial charge >= 0.3 is 0 Å². The largest absolute Gasteiger partial charge is 0.380 e. The van der Waals surface area contributed by atoms with Crippen LogP contribution in [0.3, 0.4) is 0 Å². The number of ether oxygens (including phenoxy) is 1. The summed E-state index contributed by atoms with van der Waals surface area (Å²) in [5, 5.41) is 2.94. The number of amides is 1. The average molecular weight is 276 g/mol. The van der Waals surface area contributed by atoms with Gasteiger partial charge in [0.05, 0.1) is 6.61 Å². The van der Waals surface area contributed by atoms with Crippen molar-refractivity contribution < 1.29 is 9.53 Å². The molecule has 1 fully saturated rings. The van der Waals surface area contributed by atoms with Gasteiger partial charge in [0.15, 0.2) is 0 Å². The van der Waals surface area contributed by atoms with Crippen LogP contribution in [0.2, 0.25) is 0 Å². The molecule has 3 N–H and O–H groups in total. The van der Waals surface area contributed by atoms with Crippen LogP contribution in [0.1, 0.15) is 44.1 Å². The van der Waals surface area contributed by atoms with E-state index < -0.39 is 0 Å². The molecular formula is C16H24N2O2. The quantitative estimate of drug-likeness (QED) is 0.869. The van der Waals surface area contributed by atoms with E-state index in [1.54, 1.807) is 7.11 Å². The third kappa shape index (κ3) is 4.32. The summed E-state index contributed by atoms with van der Waals surface area (Å²) in [6.45, 7) is 0.546. The molecule has 20 heavy (non-hydrogen) atoms. The molecule has 0 spiro atoms. The van der Waals surface area contributed by atoms with Crippen LogP contribution in [-0.2, 0) is 16.1 Å². The molecule has 0 aliphatic heterocycles. The molecular weight excluding hydrogens is 252 g/mol. The van der Waals surface area contributed by atoms with Crippen LogP contribution in [0, 0.1) is 0 Å². The summed E-state index contributed by atoms with van der Waals surface area (Å²) in [6.07, 6.45) is 5.80. The smallest absolute Gasteiger partial charge is 0.226 e. The molecule has 1 aromatic rings. The molecule has 0 saturated heterocycles. The van der Waals surface area contributed by atoms with E-state index in [9.17, 15) is 4.79 Å². The van der Waals surface area contributed by atoms with Crippen molar-refractivity contribution in [2.45, 2.75) is 50.7 Å². The van der Waals surface area contributed by atoms with E-state index in [-0.39, 0.29) is 11.4 Å². The number of rotatable bonds is 5. The summed E-state index contributed by atoms with van der Waals surface area (Å²) in [7, 11) is 1.66. The molecule has 1 saturated carbocycles. The van der Waals surface area contributed by atoms with Crippen molar-refractivity contribution in [1.82, 2.24) is 0 Å². The molecule has 1 aliphatic rings. The highest BCUT2D eigenvalue weighted by molar-refractivity contribution is 5.91. The summed E-state index contributed by atoms with van der Waals surface area (Å²) in [5.41, 5.74) is 7.85. The third-order valence-electron chi connectivity index (χ3n) is 3.88. The first-order valence-electron chi connectivity index (χ1n) is 7.28. The molecule has 0 heterocycles. The number of hydrogen-bond donors (Lipinski definition) is 2. The van der Waals surface area contributed by atoms with Crippen molar-refractivity contribution in [2.24, 2.45) is 5.73 Å². The molecule has 0 bridgehead atoms. The highest BCUT2D eigenvalue weighted by Gasteiger charge is 2.29. The van der Waals surface area contributed by atoms with Gasteiger partial charge in [0.25, 0.3) is 0 Å².